The van der Waals surface area contributed by atoms with Crippen molar-refractivity contribution in [2.45, 2.75) is 63.6 Å². The van der Waals surface area contributed by atoms with Gasteiger partial charge in [-0.2, -0.15) is 5.10 Å². The highest BCUT2D eigenvalue weighted by molar-refractivity contribution is 7.95. The molecule has 4 aromatic rings. The van der Waals surface area contributed by atoms with E-state index >= 15 is 4.21 Å². The van der Waals surface area contributed by atoms with Gasteiger partial charge in [-0.05, 0) is 86.1 Å². The molecule has 8 rings (SSSR count). The molecule has 280 valence electrons. The number of rotatable bonds is 4. The second-order valence-corrected chi connectivity index (χ2v) is 17.5. The minimum Gasteiger partial charge on any atom is -0.490 e. The fourth-order valence-corrected chi connectivity index (χ4v) is 10.9. The van der Waals surface area contributed by atoms with Crippen LogP contribution in [-0.4, -0.2) is 81.7 Å². The number of carbonyl (C=O) groups excluding carboxylic acids is 1. The Labute approximate surface area is 311 Å². The van der Waals surface area contributed by atoms with E-state index in [0.29, 0.717) is 40.9 Å². The fourth-order valence-electron chi connectivity index (χ4n) is 8.98. The minimum absolute atomic E-state index is 0.0125. The Kier molecular flexibility index (Phi) is 9.53. The summed E-state index contributed by atoms with van der Waals surface area (Å²) >= 11 is 0. The molecule has 1 N–H and O–H groups in total. The Bertz CT molecular complexity index is 2190. The SMILES string of the molecule is CO[C@H]1/C=C/[C@H](OC)[C@H](C)CS(=O)(Nc2ncnc3nn(C)cc23)=NC(=O)c2ccc3c(c2)N(C[C@@H]2CC[C@H]21)C[C@@]1(CCCc2cc(C)ccc21)CO3. The zero-order valence-corrected chi connectivity index (χ0v) is 32.0. The quantitative estimate of drug-likeness (QED) is 0.249. The second kappa shape index (κ2) is 14.1. The molecule has 7 atom stereocenters. The van der Waals surface area contributed by atoms with Gasteiger partial charge in [0.25, 0.3) is 5.91 Å². The summed E-state index contributed by atoms with van der Waals surface area (Å²) in [6.45, 7) is 6.22. The van der Waals surface area contributed by atoms with Crippen LogP contribution in [0.5, 0.6) is 5.75 Å². The van der Waals surface area contributed by atoms with E-state index in [1.165, 1.54) is 23.0 Å². The molecular formula is C40H49N7O5S. The van der Waals surface area contributed by atoms with Crippen LogP contribution in [0.15, 0.2) is 65.4 Å². The highest BCUT2D eigenvalue weighted by atomic mass is 32.2. The lowest BCUT2D eigenvalue weighted by atomic mass is 9.68. The fraction of sp³-hybridized carbons (Fsp3) is 0.500. The largest absolute Gasteiger partial charge is 0.490 e. The van der Waals surface area contributed by atoms with Crippen LogP contribution in [-0.2, 0) is 38.3 Å². The Morgan fingerprint density at radius 1 is 1.06 bits per heavy atom. The number of carbonyl (C=O) groups is 1. The van der Waals surface area contributed by atoms with Gasteiger partial charge in [-0.1, -0.05) is 42.8 Å². The van der Waals surface area contributed by atoms with Crippen LogP contribution in [0.3, 0.4) is 0 Å². The van der Waals surface area contributed by atoms with Crippen molar-refractivity contribution in [2.24, 2.45) is 29.2 Å². The number of benzene rings is 2. The predicted molar refractivity (Wildman–Crippen MR) is 206 cm³/mol. The normalized spacial score (nSPS) is 30.7. The third kappa shape index (κ3) is 6.83. The van der Waals surface area contributed by atoms with E-state index < -0.39 is 21.9 Å². The molecule has 2 aromatic heterocycles. The number of anilines is 2. The smallest absolute Gasteiger partial charge is 0.286 e. The van der Waals surface area contributed by atoms with Gasteiger partial charge in [-0.25, -0.2) is 14.2 Å². The maximum atomic E-state index is 15.0. The molecule has 0 radical (unpaired) electrons. The van der Waals surface area contributed by atoms with Gasteiger partial charge < -0.3 is 19.1 Å². The van der Waals surface area contributed by atoms with Crippen LogP contribution in [0.25, 0.3) is 11.0 Å². The molecule has 2 bridgehead atoms. The van der Waals surface area contributed by atoms with E-state index in [4.69, 9.17) is 14.2 Å². The molecule has 1 fully saturated rings. The van der Waals surface area contributed by atoms with E-state index in [0.717, 1.165) is 56.6 Å². The van der Waals surface area contributed by atoms with E-state index in [-0.39, 0.29) is 23.2 Å². The first kappa shape index (κ1) is 35.7. The molecular weight excluding hydrogens is 691 g/mol. The number of fused-ring (bicyclic) bond motifs is 5. The van der Waals surface area contributed by atoms with Gasteiger partial charge in [0, 0.05) is 51.5 Å². The Balaban J connectivity index is 1.24. The first-order chi connectivity index (χ1) is 25.6. The predicted octanol–water partition coefficient (Wildman–Crippen LogP) is 6.04. The highest BCUT2D eigenvalue weighted by Crippen LogP contribution is 2.47. The molecule has 13 heteroatoms. The van der Waals surface area contributed by atoms with Gasteiger partial charge in [0.15, 0.2) is 11.5 Å². The molecule has 2 aliphatic heterocycles. The number of ether oxygens (including phenoxy) is 3. The molecule has 0 saturated heterocycles. The number of aryl methyl sites for hydroxylation is 3. The number of amides is 1. The van der Waals surface area contributed by atoms with Gasteiger partial charge >= 0.3 is 0 Å². The standard InChI is InChI=1S/C40H49N7O5S/c1-25-8-12-32-27(17-25)7-6-16-40(32)22-47-19-29-9-11-30(29)35(51-5)15-14-34(50-4)26(2)21-53(49,44-38-31-20-46(3)43-37(31)41-24-42-38)45-39(48)28-10-13-36(52-23-40)33(47)18-28/h8,10,12-15,17-18,20,24,26,29-30,34-35H,6-7,9,11,16,19,21-23H2,1-5H3,(H,41,42,43,44,45,48,49)/b15-14+/t26-,29+,30-,34+,35+,40+,53?/m1/s1. The second-order valence-electron chi connectivity index (χ2n) is 15.5. The number of methoxy groups -OCH3 is 2. The van der Waals surface area contributed by atoms with Gasteiger partial charge in [0.1, 0.15) is 22.0 Å². The lowest BCUT2D eigenvalue weighted by molar-refractivity contribution is 0.0120. The number of hydrogen-bond donors (Lipinski definition) is 1. The third-order valence-electron chi connectivity index (χ3n) is 11.8. The summed E-state index contributed by atoms with van der Waals surface area (Å²) in [5.74, 6) is 0.865. The van der Waals surface area contributed by atoms with E-state index in [2.05, 4.69) is 60.3 Å². The number of nitrogens with one attached hydrogen (secondary N) is 1. The van der Waals surface area contributed by atoms with Gasteiger partial charge in [-0.15, -0.1) is 4.36 Å². The minimum atomic E-state index is -3.46. The lowest BCUT2D eigenvalue weighted by Gasteiger charge is -2.46. The zero-order chi connectivity index (χ0) is 36.9. The van der Waals surface area contributed by atoms with Crippen molar-refractivity contribution in [3.8, 4) is 5.75 Å². The molecule has 53 heavy (non-hydrogen) atoms. The van der Waals surface area contributed by atoms with Crippen molar-refractivity contribution in [3.05, 3.63) is 83.3 Å². The molecule has 1 spiro atoms. The molecule has 4 heterocycles. The number of hydrogen-bond acceptors (Lipinski definition) is 9. The molecule has 12 nitrogen and oxygen atoms in total. The Morgan fingerprint density at radius 2 is 1.89 bits per heavy atom. The van der Waals surface area contributed by atoms with Crippen LogP contribution in [0.2, 0.25) is 0 Å². The molecule has 1 saturated carbocycles. The summed E-state index contributed by atoms with van der Waals surface area (Å²) < 4.78 is 43.0. The summed E-state index contributed by atoms with van der Waals surface area (Å²) in [7, 11) is 1.73. The van der Waals surface area contributed by atoms with Crippen LogP contribution >= 0.6 is 0 Å². The van der Waals surface area contributed by atoms with E-state index in [9.17, 15) is 4.79 Å². The topological polar surface area (TPSA) is 133 Å². The van der Waals surface area contributed by atoms with Crippen molar-refractivity contribution in [3.63, 3.8) is 0 Å². The van der Waals surface area contributed by atoms with Crippen molar-refractivity contribution in [1.29, 1.82) is 0 Å². The average molecular weight is 740 g/mol. The molecule has 4 aliphatic rings. The zero-order valence-electron chi connectivity index (χ0n) is 31.2. The Morgan fingerprint density at radius 3 is 2.68 bits per heavy atom. The maximum absolute atomic E-state index is 15.0. The van der Waals surface area contributed by atoms with Crippen molar-refractivity contribution < 1.29 is 23.2 Å². The summed E-state index contributed by atoms with van der Waals surface area (Å²) in [6.07, 6.45) is 12.0. The van der Waals surface area contributed by atoms with Gasteiger partial charge in [0.05, 0.1) is 35.6 Å². The molecule has 1 unspecified atom stereocenters. The first-order valence-electron chi connectivity index (χ1n) is 18.6. The van der Waals surface area contributed by atoms with Crippen LogP contribution in [0.4, 0.5) is 11.5 Å². The van der Waals surface area contributed by atoms with Crippen molar-refractivity contribution in [2.75, 3.05) is 49.3 Å². The summed E-state index contributed by atoms with van der Waals surface area (Å²) in [4.78, 5) is 25.4. The van der Waals surface area contributed by atoms with Crippen molar-refractivity contribution >= 4 is 38.4 Å². The summed E-state index contributed by atoms with van der Waals surface area (Å²) in [6, 6.07) is 12.4. The van der Waals surface area contributed by atoms with Crippen LogP contribution in [0, 0.1) is 24.7 Å². The number of aromatic nitrogens is 4. The van der Waals surface area contributed by atoms with Crippen molar-refractivity contribution in [1.82, 2.24) is 19.7 Å². The average Bonchev–Trinajstić information content (AvgIpc) is 3.45. The van der Waals surface area contributed by atoms with Crippen LogP contribution < -0.4 is 14.4 Å². The van der Waals surface area contributed by atoms with Gasteiger partial charge in [0.2, 0.25) is 0 Å². The monoisotopic (exact) mass is 739 g/mol. The molecule has 2 aliphatic carbocycles. The maximum Gasteiger partial charge on any atom is 0.286 e. The summed E-state index contributed by atoms with van der Waals surface area (Å²) in [5.41, 5.74) is 5.48. The van der Waals surface area contributed by atoms with E-state index in [1.54, 1.807) is 38.2 Å². The highest BCUT2D eigenvalue weighted by Gasteiger charge is 2.44. The van der Waals surface area contributed by atoms with Gasteiger partial charge in [-0.3, -0.25) is 14.2 Å². The Hall–Kier alpha value is -4.33. The molecule has 2 aromatic carbocycles. The van der Waals surface area contributed by atoms with E-state index in [1.807, 2.05) is 25.1 Å². The summed E-state index contributed by atoms with van der Waals surface area (Å²) in [5, 5.41) is 4.95. The first-order valence-corrected chi connectivity index (χ1v) is 20.3. The third-order valence-corrected chi connectivity index (χ3v) is 13.8. The lowest BCUT2D eigenvalue weighted by Crippen LogP contribution is -2.49. The number of nitrogens with zero attached hydrogens (tertiary/aromatic N) is 6. The van der Waals surface area contributed by atoms with Crippen LogP contribution in [0.1, 0.15) is 59.7 Å². The molecule has 1 amide bonds.